The summed E-state index contributed by atoms with van der Waals surface area (Å²) in [6.07, 6.45) is -0.306. The van der Waals surface area contributed by atoms with Crippen molar-refractivity contribution < 1.29 is 14.3 Å². The van der Waals surface area contributed by atoms with Gasteiger partial charge in [0.05, 0.1) is 23.2 Å². The highest BCUT2D eigenvalue weighted by molar-refractivity contribution is 6.33. The summed E-state index contributed by atoms with van der Waals surface area (Å²) in [7, 11) is 0. The van der Waals surface area contributed by atoms with Crippen LogP contribution in [-0.2, 0) is 4.74 Å². The van der Waals surface area contributed by atoms with Gasteiger partial charge in [0.2, 0.25) is 0 Å². The molecule has 1 aliphatic rings. The Kier molecular flexibility index (Phi) is 8.13. The highest BCUT2D eigenvalue weighted by Gasteiger charge is 2.34. The number of aliphatic imine (C=N–C) groups is 1. The molecule has 1 saturated heterocycles. The Bertz CT molecular complexity index is 742. The molecule has 3 N–H and O–H groups in total. The second-order valence-corrected chi connectivity index (χ2v) is 8.13. The van der Waals surface area contributed by atoms with Crippen LogP contribution in [0.15, 0.2) is 29.3 Å². The highest BCUT2D eigenvalue weighted by atomic mass is 35.5. The van der Waals surface area contributed by atoms with Crippen LogP contribution in [0.25, 0.3) is 0 Å². The van der Waals surface area contributed by atoms with E-state index in [9.17, 15) is 9.59 Å². The van der Waals surface area contributed by atoms with Crippen molar-refractivity contribution in [2.45, 2.75) is 39.3 Å². The first-order chi connectivity index (χ1) is 13.7. The van der Waals surface area contributed by atoms with E-state index in [1.165, 1.54) is 0 Å². The van der Waals surface area contributed by atoms with Crippen molar-refractivity contribution in [3.8, 4) is 0 Å². The van der Waals surface area contributed by atoms with Crippen molar-refractivity contribution in [3.05, 3.63) is 34.9 Å². The summed E-state index contributed by atoms with van der Waals surface area (Å²) >= 11 is 6.03. The smallest absolute Gasteiger partial charge is 0.410 e. The number of carbonyl (C=O) groups excluding carboxylic acids is 2. The molecule has 1 aliphatic heterocycles. The molecule has 1 aromatic rings. The van der Waals surface area contributed by atoms with Crippen molar-refractivity contribution in [1.29, 1.82) is 0 Å². The van der Waals surface area contributed by atoms with Gasteiger partial charge in [0.1, 0.15) is 5.60 Å². The summed E-state index contributed by atoms with van der Waals surface area (Å²) in [4.78, 5) is 30.3. The number of carbonyl (C=O) groups is 2. The van der Waals surface area contributed by atoms with E-state index in [1.807, 2.05) is 27.7 Å². The molecule has 0 bridgehead atoms. The first-order valence-electron chi connectivity index (χ1n) is 9.75. The van der Waals surface area contributed by atoms with Gasteiger partial charge in [-0.2, -0.15) is 0 Å². The zero-order valence-electron chi connectivity index (χ0n) is 17.4. The number of ether oxygens (including phenoxy) is 1. The molecule has 2 amide bonds. The Labute approximate surface area is 177 Å². The van der Waals surface area contributed by atoms with E-state index in [4.69, 9.17) is 16.3 Å². The van der Waals surface area contributed by atoms with Gasteiger partial charge >= 0.3 is 6.09 Å². The average Bonchev–Trinajstić information content (AvgIpc) is 2.59. The number of likely N-dealkylation sites (tertiary alicyclic amines) is 1. The predicted molar refractivity (Wildman–Crippen MR) is 114 cm³/mol. The van der Waals surface area contributed by atoms with E-state index in [0.717, 1.165) is 0 Å². The fourth-order valence-corrected chi connectivity index (χ4v) is 2.86. The molecule has 8 nitrogen and oxygen atoms in total. The number of nitrogens with zero attached hydrogens (tertiary/aromatic N) is 2. The zero-order chi connectivity index (χ0) is 21.4. The molecule has 0 aliphatic carbocycles. The lowest BCUT2D eigenvalue weighted by molar-refractivity contribution is 0.00700. The number of benzene rings is 1. The summed E-state index contributed by atoms with van der Waals surface area (Å²) in [6.45, 7) is 10.1. The van der Waals surface area contributed by atoms with Gasteiger partial charge in [-0.25, -0.2) is 4.79 Å². The second kappa shape index (κ2) is 10.3. The summed E-state index contributed by atoms with van der Waals surface area (Å²) in [5, 5.41) is 9.68. The van der Waals surface area contributed by atoms with Crippen LogP contribution >= 0.6 is 11.6 Å². The third-order valence-electron chi connectivity index (χ3n) is 4.00. The maximum Gasteiger partial charge on any atom is 0.410 e. The van der Waals surface area contributed by atoms with Crippen molar-refractivity contribution in [1.82, 2.24) is 20.9 Å². The molecule has 0 unspecified atom stereocenters. The third kappa shape index (κ3) is 7.45. The number of hydrogen-bond acceptors (Lipinski definition) is 4. The lowest BCUT2D eigenvalue weighted by Gasteiger charge is -2.40. The SMILES string of the molecule is CCNC(=NCCNC(=O)c1ccccc1Cl)NC1CN(C(=O)OC(C)(C)C)C1. The van der Waals surface area contributed by atoms with Gasteiger partial charge in [-0.1, -0.05) is 23.7 Å². The van der Waals surface area contributed by atoms with Crippen LogP contribution in [0, 0.1) is 0 Å². The summed E-state index contributed by atoms with van der Waals surface area (Å²) < 4.78 is 5.35. The van der Waals surface area contributed by atoms with E-state index in [-0.39, 0.29) is 18.0 Å². The first kappa shape index (κ1) is 22.8. The fourth-order valence-electron chi connectivity index (χ4n) is 2.64. The predicted octanol–water partition coefficient (Wildman–Crippen LogP) is 2.24. The molecule has 0 saturated carbocycles. The number of halogens is 1. The minimum atomic E-state index is -0.500. The van der Waals surface area contributed by atoms with Crippen molar-refractivity contribution in [3.63, 3.8) is 0 Å². The molecule has 0 spiro atoms. The molecular weight excluding hydrogens is 394 g/mol. The monoisotopic (exact) mass is 423 g/mol. The molecule has 1 aromatic carbocycles. The van der Waals surface area contributed by atoms with Gasteiger partial charge < -0.3 is 25.6 Å². The largest absolute Gasteiger partial charge is 0.444 e. The number of amides is 2. The lowest BCUT2D eigenvalue weighted by Crippen LogP contribution is -2.63. The minimum absolute atomic E-state index is 0.109. The molecular formula is C20H30ClN5O3. The van der Waals surface area contributed by atoms with Gasteiger partial charge in [0.25, 0.3) is 5.91 Å². The van der Waals surface area contributed by atoms with Gasteiger partial charge in [0, 0.05) is 26.2 Å². The van der Waals surface area contributed by atoms with Gasteiger partial charge in [-0.3, -0.25) is 9.79 Å². The average molecular weight is 424 g/mol. The number of rotatable bonds is 6. The van der Waals surface area contributed by atoms with Gasteiger partial charge in [-0.05, 0) is 39.8 Å². The van der Waals surface area contributed by atoms with Crippen LogP contribution < -0.4 is 16.0 Å². The maximum absolute atomic E-state index is 12.1. The van der Waals surface area contributed by atoms with Crippen LogP contribution in [0.4, 0.5) is 4.79 Å². The van der Waals surface area contributed by atoms with E-state index >= 15 is 0 Å². The highest BCUT2D eigenvalue weighted by Crippen LogP contribution is 2.15. The molecule has 9 heteroatoms. The van der Waals surface area contributed by atoms with Crippen molar-refractivity contribution in [2.24, 2.45) is 4.99 Å². The van der Waals surface area contributed by atoms with E-state index in [2.05, 4.69) is 20.9 Å². The maximum atomic E-state index is 12.1. The lowest BCUT2D eigenvalue weighted by atomic mass is 10.1. The Morgan fingerprint density at radius 1 is 1.24 bits per heavy atom. The van der Waals surface area contributed by atoms with Crippen molar-refractivity contribution >= 4 is 29.6 Å². The normalized spacial score (nSPS) is 14.8. The number of nitrogens with one attached hydrogen (secondary N) is 3. The Morgan fingerprint density at radius 3 is 2.55 bits per heavy atom. The van der Waals surface area contributed by atoms with Crippen molar-refractivity contribution in [2.75, 3.05) is 32.7 Å². The Morgan fingerprint density at radius 2 is 1.93 bits per heavy atom. The van der Waals surface area contributed by atoms with Gasteiger partial charge in [-0.15, -0.1) is 0 Å². The molecule has 160 valence electrons. The minimum Gasteiger partial charge on any atom is -0.444 e. The fraction of sp³-hybridized carbons (Fsp3) is 0.550. The van der Waals surface area contributed by atoms with Crippen LogP contribution in [0.2, 0.25) is 5.02 Å². The Hall–Kier alpha value is -2.48. The molecule has 1 fully saturated rings. The molecule has 0 aromatic heterocycles. The number of hydrogen-bond donors (Lipinski definition) is 3. The van der Waals surface area contributed by atoms with Crippen LogP contribution in [0.1, 0.15) is 38.1 Å². The van der Waals surface area contributed by atoms with Crippen LogP contribution in [-0.4, -0.2) is 67.2 Å². The topological polar surface area (TPSA) is 95.1 Å². The molecule has 2 rings (SSSR count). The molecule has 1 heterocycles. The van der Waals surface area contributed by atoms with Crippen LogP contribution in [0.3, 0.4) is 0 Å². The molecule has 0 atom stereocenters. The van der Waals surface area contributed by atoms with Crippen LogP contribution in [0.5, 0.6) is 0 Å². The Balaban J connectivity index is 1.75. The summed E-state index contributed by atoms with van der Waals surface area (Å²) in [5.74, 6) is 0.420. The molecule has 0 radical (unpaired) electrons. The summed E-state index contributed by atoms with van der Waals surface area (Å²) in [5.41, 5.74) is -0.0553. The number of guanidine groups is 1. The zero-order valence-corrected chi connectivity index (χ0v) is 18.2. The second-order valence-electron chi connectivity index (χ2n) is 7.72. The van der Waals surface area contributed by atoms with E-state index in [1.54, 1.807) is 29.2 Å². The van der Waals surface area contributed by atoms with E-state index in [0.29, 0.717) is 49.3 Å². The van der Waals surface area contributed by atoms with Gasteiger partial charge in [0.15, 0.2) is 5.96 Å². The van der Waals surface area contributed by atoms with E-state index < -0.39 is 5.60 Å². The summed E-state index contributed by atoms with van der Waals surface area (Å²) in [6, 6.07) is 7.02. The molecule has 29 heavy (non-hydrogen) atoms. The standard InChI is InChI=1S/C20H30ClN5O3/c1-5-22-18(25-14-12-26(13-14)19(28)29-20(2,3)4)24-11-10-23-17(27)15-8-6-7-9-16(15)21/h6-9,14H,5,10-13H2,1-4H3,(H,23,27)(H2,22,24,25). The first-order valence-corrected chi connectivity index (χ1v) is 10.1. The quantitative estimate of drug-likeness (QED) is 0.370. The third-order valence-corrected chi connectivity index (χ3v) is 4.33.